The van der Waals surface area contributed by atoms with Crippen molar-refractivity contribution < 1.29 is 27.5 Å². The SMILES string of the molecule is CC(C)OC(=O)c1cc(NS(C)(=O)=O)cc(C(=O)OC(C)C)c1. The van der Waals surface area contributed by atoms with Crippen LogP contribution < -0.4 is 4.72 Å². The first kappa shape index (κ1) is 19.0. The van der Waals surface area contributed by atoms with Gasteiger partial charge in [0, 0.05) is 0 Å². The van der Waals surface area contributed by atoms with Gasteiger partial charge in [-0.2, -0.15) is 0 Å². The third-order valence-electron chi connectivity index (χ3n) is 2.39. The zero-order valence-corrected chi connectivity index (χ0v) is 14.6. The normalized spacial score (nSPS) is 11.4. The average molecular weight is 343 g/mol. The summed E-state index contributed by atoms with van der Waals surface area (Å²) in [6.45, 7) is 6.74. The Morgan fingerprint density at radius 3 is 1.61 bits per heavy atom. The first-order valence-corrected chi connectivity index (χ1v) is 8.92. The lowest BCUT2D eigenvalue weighted by atomic mass is 10.1. The molecule has 0 spiro atoms. The van der Waals surface area contributed by atoms with Crippen molar-refractivity contribution in [3.8, 4) is 0 Å². The molecule has 1 aromatic carbocycles. The van der Waals surface area contributed by atoms with E-state index in [-0.39, 0.29) is 29.0 Å². The molecule has 0 aliphatic heterocycles. The van der Waals surface area contributed by atoms with E-state index in [1.807, 2.05) is 0 Å². The van der Waals surface area contributed by atoms with E-state index in [1.165, 1.54) is 18.2 Å². The summed E-state index contributed by atoms with van der Waals surface area (Å²) in [5.41, 5.74) is 0.201. The van der Waals surface area contributed by atoms with Gasteiger partial charge in [0.1, 0.15) is 0 Å². The van der Waals surface area contributed by atoms with Crippen molar-refractivity contribution in [2.24, 2.45) is 0 Å². The predicted octanol–water partition coefficient (Wildman–Crippen LogP) is 2.19. The predicted molar refractivity (Wildman–Crippen MR) is 86.0 cm³/mol. The Morgan fingerprint density at radius 1 is 0.913 bits per heavy atom. The number of nitrogens with one attached hydrogen (secondary N) is 1. The van der Waals surface area contributed by atoms with Gasteiger partial charge in [0.25, 0.3) is 0 Å². The van der Waals surface area contributed by atoms with Crippen molar-refractivity contribution in [2.75, 3.05) is 11.0 Å². The number of hydrogen-bond acceptors (Lipinski definition) is 6. The summed E-state index contributed by atoms with van der Waals surface area (Å²) >= 11 is 0. The number of ether oxygens (including phenoxy) is 2. The van der Waals surface area contributed by atoms with Crippen LogP contribution in [-0.4, -0.2) is 38.8 Å². The lowest BCUT2D eigenvalue weighted by Gasteiger charge is -2.13. The van der Waals surface area contributed by atoms with E-state index < -0.39 is 22.0 Å². The van der Waals surface area contributed by atoms with Gasteiger partial charge in [-0.1, -0.05) is 0 Å². The molecule has 23 heavy (non-hydrogen) atoms. The second-order valence-electron chi connectivity index (χ2n) is 5.58. The fourth-order valence-electron chi connectivity index (χ4n) is 1.70. The van der Waals surface area contributed by atoms with Crippen molar-refractivity contribution in [1.29, 1.82) is 0 Å². The lowest BCUT2D eigenvalue weighted by Crippen LogP contribution is -2.17. The third kappa shape index (κ3) is 6.68. The van der Waals surface area contributed by atoms with Gasteiger partial charge in [0.15, 0.2) is 0 Å². The van der Waals surface area contributed by atoms with Gasteiger partial charge in [-0.3, -0.25) is 4.72 Å². The molecule has 0 heterocycles. The minimum Gasteiger partial charge on any atom is -0.459 e. The minimum atomic E-state index is -3.56. The van der Waals surface area contributed by atoms with E-state index in [0.29, 0.717) is 0 Å². The Hall–Kier alpha value is -2.09. The number of carbonyl (C=O) groups is 2. The molecular weight excluding hydrogens is 322 g/mol. The van der Waals surface area contributed by atoms with E-state index in [4.69, 9.17) is 9.47 Å². The number of esters is 2. The van der Waals surface area contributed by atoms with Gasteiger partial charge in [-0.25, -0.2) is 18.0 Å². The fourth-order valence-corrected chi connectivity index (χ4v) is 2.25. The molecule has 0 bridgehead atoms. The van der Waals surface area contributed by atoms with Crippen LogP contribution in [0.3, 0.4) is 0 Å². The van der Waals surface area contributed by atoms with Crippen LogP contribution in [0, 0.1) is 0 Å². The van der Waals surface area contributed by atoms with Gasteiger partial charge in [-0.05, 0) is 45.9 Å². The Labute approximate surface area is 136 Å². The smallest absolute Gasteiger partial charge is 0.338 e. The first-order chi connectivity index (χ1) is 10.5. The van der Waals surface area contributed by atoms with Crippen molar-refractivity contribution in [2.45, 2.75) is 39.9 Å². The largest absolute Gasteiger partial charge is 0.459 e. The lowest BCUT2D eigenvalue weighted by molar-refractivity contribution is 0.0377. The van der Waals surface area contributed by atoms with E-state index in [1.54, 1.807) is 27.7 Å². The number of hydrogen-bond donors (Lipinski definition) is 1. The third-order valence-corrected chi connectivity index (χ3v) is 3.00. The fraction of sp³-hybridized carbons (Fsp3) is 0.467. The molecule has 0 fully saturated rings. The molecule has 0 aliphatic carbocycles. The second kappa shape index (κ2) is 7.45. The summed E-state index contributed by atoms with van der Waals surface area (Å²) in [4.78, 5) is 24.0. The molecule has 0 amide bonds. The summed E-state index contributed by atoms with van der Waals surface area (Å²) in [6.07, 6.45) is 0.276. The summed E-state index contributed by atoms with van der Waals surface area (Å²) in [7, 11) is -3.56. The van der Waals surface area contributed by atoms with Gasteiger partial charge in [-0.15, -0.1) is 0 Å². The second-order valence-corrected chi connectivity index (χ2v) is 7.33. The topological polar surface area (TPSA) is 98.8 Å². The van der Waals surface area contributed by atoms with Gasteiger partial charge in [0.2, 0.25) is 10.0 Å². The maximum Gasteiger partial charge on any atom is 0.338 e. The Bertz CT molecular complexity index is 654. The molecule has 0 saturated carbocycles. The molecule has 1 aromatic rings. The van der Waals surface area contributed by atoms with Crippen LogP contribution in [-0.2, 0) is 19.5 Å². The Kier molecular flexibility index (Phi) is 6.14. The molecule has 7 nitrogen and oxygen atoms in total. The molecule has 1 rings (SSSR count). The van der Waals surface area contributed by atoms with Crippen molar-refractivity contribution >= 4 is 27.6 Å². The summed E-state index contributed by atoms with van der Waals surface area (Å²) in [5.74, 6) is -1.31. The van der Waals surface area contributed by atoms with E-state index in [2.05, 4.69) is 4.72 Å². The molecule has 0 unspecified atom stereocenters. The van der Waals surface area contributed by atoms with Gasteiger partial charge >= 0.3 is 11.9 Å². The summed E-state index contributed by atoms with van der Waals surface area (Å²) in [5, 5.41) is 0. The maximum atomic E-state index is 12.0. The number of rotatable bonds is 6. The quantitative estimate of drug-likeness (QED) is 0.795. The summed E-state index contributed by atoms with van der Waals surface area (Å²) < 4.78 is 35.1. The Balaban J connectivity index is 3.26. The van der Waals surface area contributed by atoms with Gasteiger partial charge < -0.3 is 9.47 Å². The molecule has 0 aliphatic rings. The van der Waals surface area contributed by atoms with Crippen molar-refractivity contribution in [3.05, 3.63) is 29.3 Å². The van der Waals surface area contributed by atoms with Crippen LogP contribution in [0.4, 0.5) is 5.69 Å². The standard InChI is InChI=1S/C15H21NO6S/c1-9(2)21-14(17)11-6-12(15(18)22-10(3)4)8-13(7-11)16-23(5,19)20/h6-10,16H,1-5H3. The van der Waals surface area contributed by atoms with Crippen molar-refractivity contribution in [3.63, 3.8) is 0 Å². The van der Waals surface area contributed by atoms with Crippen LogP contribution in [0.1, 0.15) is 48.4 Å². The van der Waals surface area contributed by atoms with E-state index >= 15 is 0 Å². The minimum absolute atomic E-state index is 0.0584. The molecule has 128 valence electrons. The van der Waals surface area contributed by atoms with Crippen LogP contribution in [0.5, 0.6) is 0 Å². The molecular formula is C15H21NO6S. The van der Waals surface area contributed by atoms with Crippen molar-refractivity contribution in [1.82, 2.24) is 0 Å². The zero-order chi connectivity index (χ0) is 17.8. The van der Waals surface area contributed by atoms with E-state index in [9.17, 15) is 18.0 Å². The van der Waals surface area contributed by atoms with Crippen LogP contribution in [0.15, 0.2) is 18.2 Å². The molecule has 0 saturated heterocycles. The summed E-state index contributed by atoms with van der Waals surface area (Å²) in [6, 6.07) is 3.92. The van der Waals surface area contributed by atoms with Crippen LogP contribution >= 0.6 is 0 Å². The van der Waals surface area contributed by atoms with E-state index in [0.717, 1.165) is 6.26 Å². The number of anilines is 1. The van der Waals surface area contributed by atoms with Gasteiger partial charge in [0.05, 0.1) is 35.3 Å². The van der Waals surface area contributed by atoms with Crippen LogP contribution in [0.25, 0.3) is 0 Å². The maximum absolute atomic E-state index is 12.0. The molecule has 0 aromatic heterocycles. The molecule has 8 heteroatoms. The van der Waals surface area contributed by atoms with Crippen LogP contribution in [0.2, 0.25) is 0 Å². The molecule has 1 N–H and O–H groups in total. The highest BCUT2D eigenvalue weighted by molar-refractivity contribution is 7.92. The molecule has 0 atom stereocenters. The highest BCUT2D eigenvalue weighted by Gasteiger charge is 2.17. The average Bonchev–Trinajstić information content (AvgIpc) is 2.34. The number of sulfonamides is 1. The highest BCUT2D eigenvalue weighted by atomic mass is 32.2. The number of carbonyl (C=O) groups excluding carboxylic acids is 2. The highest BCUT2D eigenvalue weighted by Crippen LogP contribution is 2.19. The Morgan fingerprint density at radius 2 is 1.30 bits per heavy atom. The number of benzene rings is 1. The molecule has 0 radical (unpaired) electrons. The zero-order valence-electron chi connectivity index (χ0n) is 13.7. The first-order valence-electron chi connectivity index (χ1n) is 7.03. The monoisotopic (exact) mass is 343 g/mol.